The topological polar surface area (TPSA) is 74.9 Å². The fraction of sp³-hybridized carbons (Fsp3) is 0.364. The molecule has 2 rings (SSSR count). The number of nitrogens with zero attached hydrogens (tertiary/aromatic N) is 1. The fourth-order valence-electron chi connectivity index (χ4n) is 1.59. The van der Waals surface area contributed by atoms with Crippen molar-refractivity contribution in [2.24, 2.45) is 5.73 Å². The molecule has 0 bridgehead atoms. The van der Waals surface area contributed by atoms with Gasteiger partial charge in [-0.3, -0.25) is 0 Å². The SMILES string of the molecule is Cc1ccc2nc(C(N)CCO)[nH]c2c1. The van der Waals surface area contributed by atoms with Gasteiger partial charge in [0, 0.05) is 6.61 Å². The first-order valence-electron chi connectivity index (χ1n) is 5.03. The fourth-order valence-corrected chi connectivity index (χ4v) is 1.59. The van der Waals surface area contributed by atoms with Crippen LogP contribution in [0.5, 0.6) is 0 Å². The number of benzene rings is 1. The standard InChI is InChI=1S/C11H15N3O/c1-7-2-3-9-10(6-7)14-11(13-9)8(12)4-5-15/h2-3,6,8,15H,4-5,12H2,1H3,(H,13,14). The maximum Gasteiger partial charge on any atom is 0.124 e. The Hall–Kier alpha value is -1.39. The number of hydrogen-bond acceptors (Lipinski definition) is 3. The van der Waals surface area contributed by atoms with Crippen LogP contribution in [0.25, 0.3) is 11.0 Å². The molecule has 80 valence electrons. The van der Waals surface area contributed by atoms with Gasteiger partial charge < -0.3 is 15.8 Å². The molecule has 0 aliphatic heterocycles. The van der Waals surface area contributed by atoms with E-state index >= 15 is 0 Å². The molecular weight excluding hydrogens is 190 g/mol. The van der Waals surface area contributed by atoms with Crippen molar-refractivity contribution in [3.63, 3.8) is 0 Å². The van der Waals surface area contributed by atoms with Crippen LogP contribution in [0, 0.1) is 6.92 Å². The molecule has 1 aromatic carbocycles. The van der Waals surface area contributed by atoms with Crippen LogP contribution in [-0.4, -0.2) is 21.7 Å². The first kappa shape index (κ1) is 10.1. The summed E-state index contributed by atoms with van der Waals surface area (Å²) in [4.78, 5) is 7.55. The number of rotatable bonds is 3. The molecular formula is C11H15N3O. The molecule has 0 amide bonds. The van der Waals surface area contributed by atoms with Gasteiger partial charge in [0.25, 0.3) is 0 Å². The van der Waals surface area contributed by atoms with Gasteiger partial charge in [-0.2, -0.15) is 0 Å². The number of H-pyrrole nitrogens is 1. The second-order valence-electron chi connectivity index (χ2n) is 3.76. The number of aliphatic hydroxyl groups excluding tert-OH is 1. The molecule has 1 heterocycles. The van der Waals surface area contributed by atoms with Crippen LogP contribution in [0.1, 0.15) is 23.9 Å². The molecule has 0 fully saturated rings. The summed E-state index contributed by atoms with van der Waals surface area (Å²) in [6.07, 6.45) is 0.527. The van der Waals surface area contributed by atoms with Gasteiger partial charge in [-0.1, -0.05) is 6.07 Å². The Morgan fingerprint density at radius 2 is 2.33 bits per heavy atom. The van der Waals surface area contributed by atoms with E-state index in [2.05, 4.69) is 9.97 Å². The third-order valence-corrected chi connectivity index (χ3v) is 2.45. The predicted molar refractivity (Wildman–Crippen MR) is 59.5 cm³/mol. The van der Waals surface area contributed by atoms with Crippen LogP contribution in [0.15, 0.2) is 18.2 Å². The number of hydrogen-bond donors (Lipinski definition) is 3. The molecule has 0 spiro atoms. The first-order chi connectivity index (χ1) is 7.20. The van der Waals surface area contributed by atoms with Crippen LogP contribution < -0.4 is 5.73 Å². The summed E-state index contributed by atoms with van der Waals surface area (Å²) in [5, 5.41) is 8.80. The van der Waals surface area contributed by atoms with E-state index in [-0.39, 0.29) is 12.6 Å². The minimum absolute atomic E-state index is 0.0806. The maximum atomic E-state index is 8.80. The summed E-state index contributed by atoms with van der Waals surface area (Å²) in [5.74, 6) is 0.740. The van der Waals surface area contributed by atoms with Crippen LogP contribution in [0.2, 0.25) is 0 Å². The Morgan fingerprint density at radius 1 is 1.53 bits per heavy atom. The van der Waals surface area contributed by atoms with Crippen molar-refractivity contribution in [2.75, 3.05) is 6.61 Å². The molecule has 4 nitrogen and oxygen atoms in total. The highest BCUT2D eigenvalue weighted by atomic mass is 16.3. The number of aryl methyl sites for hydroxylation is 1. The van der Waals surface area contributed by atoms with Crippen molar-refractivity contribution < 1.29 is 5.11 Å². The van der Waals surface area contributed by atoms with E-state index in [1.54, 1.807) is 0 Å². The normalized spacial score (nSPS) is 13.3. The second-order valence-corrected chi connectivity index (χ2v) is 3.76. The van der Waals surface area contributed by atoms with Gasteiger partial charge in [-0.15, -0.1) is 0 Å². The van der Waals surface area contributed by atoms with E-state index in [1.165, 1.54) is 5.56 Å². The van der Waals surface area contributed by atoms with Crippen LogP contribution in [0.3, 0.4) is 0 Å². The highest BCUT2D eigenvalue weighted by molar-refractivity contribution is 5.75. The van der Waals surface area contributed by atoms with E-state index in [9.17, 15) is 0 Å². The highest BCUT2D eigenvalue weighted by Crippen LogP contribution is 2.17. The minimum Gasteiger partial charge on any atom is -0.396 e. The summed E-state index contributed by atoms with van der Waals surface area (Å²) in [6.45, 7) is 2.12. The van der Waals surface area contributed by atoms with Crippen molar-refractivity contribution in [3.05, 3.63) is 29.6 Å². The van der Waals surface area contributed by atoms with E-state index in [0.29, 0.717) is 6.42 Å². The molecule has 1 atom stereocenters. The molecule has 0 aliphatic carbocycles. The molecule has 0 saturated heterocycles. The largest absolute Gasteiger partial charge is 0.396 e. The Bertz CT molecular complexity index is 464. The minimum atomic E-state index is -0.220. The average molecular weight is 205 g/mol. The zero-order valence-corrected chi connectivity index (χ0v) is 8.70. The number of nitrogens with two attached hydrogens (primary N) is 1. The molecule has 15 heavy (non-hydrogen) atoms. The molecule has 4 N–H and O–H groups in total. The average Bonchev–Trinajstić information content (AvgIpc) is 2.60. The third-order valence-electron chi connectivity index (χ3n) is 2.45. The lowest BCUT2D eigenvalue weighted by Gasteiger charge is -2.04. The summed E-state index contributed by atoms with van der Waals surface area (Å²) < 4.78 is 0. The summed E-state index contributed by atoms with van der Waals surface area (Å²) in [5.41, 5.74) is 8.96. The lowest BCUT2D eigenvalue weighted by atomic mass is 10.2. The Balaban J connectivity index is 2.38. The smallest absolute Gasteiger partial charge is 0.124 e. The maximum absolute atomic E-state index is 8.80. The zero-order valence-electron chi connectivity index (χ0n) is 8.70. The van der Waals surface area contributed by atoms with Crippen molar-refractivity contribution in [3.8, 4) is 0 Å². The number of imidazole rings is 1. The molecule has 1 aromatic heterocycles. The summed E-state index contributed by atoms with van der Waals surface area (Å²) in [7, 11) is 0. The summed E-state index contributed by atoms with van der Waals surface area (Å²) in [6, 6.07) is 5.81. The molecule has 1 unspecified atom stereocenters. The zero-order chi connectivity index (χ0) is 10.8. The third kappa shape index (κ3) is 2.00. The molecule has 0 saturated carbocycles. The van der Waals surface area contributed by atoms with E-state index in [4.69, 9.17) is 10.8 Å². The monoisotopic (exact) mass is 205 g/mol. The van der Waals surface area contributed by atoms with Crippen LogP contribution in [-0.2, 0) is 0 Å². The van der Waals surface area contributed by atoms with E-state index in [1.807, 2.05) is 25.1 Å². The second kappa shape index (κ2) is 4.00. The first-order valence-corrected chi connectivity index (χ1v) is 5.03. The van der Waals surface area contributed by atoms with Crippen molar-refractivity contribution in [1.82, 2.24) is 9.97 Å². The molecule has 4 heteroatoms. The Kier molecular flexibility index (Phi) is 2.70. The van der Waals surface area contributed by atoms with Gasteiger partial charge >= 0.3 is 0 Å². The molecule has 0 radical (unpaired) electrons. The van der Waals surface area contributed by atoms with E-state index < -0.39 is 0 Å². The lowest BCUT2D eigenvalue weighted by molar-refractivity contribution is 0.275. The Morgan fingerprint density at radius 3 is 3.07 bits per heavy atom. The van der Waals surface area contributed by atoms with Gasteiger partial charge in [0.1, 0.15) is 5.82 Å². The quantitative estimate of drug-likeness (QED) is 0.706. The summed E-state index contributed by atoms with van der Waals surface area (Å²) >= 11 is 0. The van der Waals surface area contributed by atoms with Crippen molar-refractivity contribution >= 4 is 11.0 Å². The van der Waals surface area contributed by atoms with Crippen LogP contribution in [0.4, 0.5) is 0 Å². The van der Waals surface area contributed by atoms with Gasteiger partial charge in [0.15, 0.2) is 0 Å². The number of aliphatic hydroxyl groups is 1. The highest BCUT2D eigenvalue weighted by Gasteiger charge is 2.10. The number of aromatic nitrogens is 2. The van der Waals surface area contributed by atoms with Crippen molar-refractivity contribution in [2.45, 2.75) is 19.4 Å². The predicted octanol–water partition coefficient (Wildman–Crippen LogP) is 1.25. The lowest BCUT2D eigenvalue weighted by Crippen LogP contribution is -2.13. The number of aromatic amines is 1. The van der Waals surface area contributed by atoms with Gasteiger partial charge in [0.2, 0.25) is 0 Å². The number of fused-ring (bicyclic) bond motifs is 1. The van der Waals surface area contributed by atoms with Gasteiger partial charge in [-0.05, 0) is 31.0 Å². The van der Waals surface area contributed by atoms with Gasteiger partial charge in [-0.25, -0.2) is 4.98 Å². The van der Waals surface area contributed by atoms with Gasteiger partial charge in [0.05, 0.1) is 17.1 Å². The number of nitrogens with one attached hydrogen (secondary N) is 1. The van der Waals surface area contributed by atoms with Crippen LogP contribution >= 0.6 is 0 Å². The Labute approximate surface area is 88.1 Å². The molecule has 2 aromatic rings. The van der Waals surface area contributed by atoms with E-state index in [0.717, 1.165) is 16.9 Å². The van der Waals surface area contributed by atoms with Crippen molar-refractivity contribution in [1.29, 1.82) is 0 Å². The molecule has 0 aliphatic rings.